The van der Waals surface area contributed by atoms with E-state index >= 15 is 0 Å². The van der Waals surface area contributed by atoms with E-state index in [1.807, 2.05) is 31.5 Å². The van der Waals surface area contributed by atoms with Gasteiger partial charge in [0.1, 0.15) is 17.7 Å². The molecule has 0 radical (unpaired) electrons. The number of ether oxygens (including phenoxy) is 2. The van der Waals surface area contributed by atoms with Crippen LogP contribution in [0.15, 0.2) is 47.4 Å². The highest BCUT2D eigenvalue weighted by Crippen LogP contribution is 2.40. The van der Waals surface area contributed by atoms with Gasteiger partial charge in [0, 0.05) is 29.8 Å². The first kappa shape index (κ1) is 28.9. The molecule has 218 valence electrons. The number of nitrogens with zero attached hydrogens (tertiary/aromatic N) is 3. The van der Waals surface area contributed by atoms with E-state index in [-0.39, 0.29) is 44.7 Å². The van der Waals surface area contributed by atoms with Crippen LogP contribution >= 0.6 is 11.6 Å². The lowest BCUT2D eigenvalue weighted by molar-refractivity contribution is -0.384. The Morgan fingerprint density at radius 1 is 1.17 bits per heavy atom. The van der Waals surface area contributed by atoms with Crippen LogP contribution in [0.4, 0.5) is 22.0 Å². The summed E-state index contributed by atoms with van der Waals surface area (Å²) in [6, 6.07) is 10.6. The largest absolute Gasteiger partial charge is 0.514 e. The number of halogens is 1. The maximum Gasteiger partial charge on any atom is 0.514 e. The van der Waals surface area contributed by atoms with Crippen LogP contribution < -0.4 is 10.1 Å². The molecule has 2 atom stereocenters. The van der Waals surface area contributed by atoms with E-state index in [0.29, 0.717) is 36.9 Å². The maximum absolute atomic E-state index is 12.8. The topological polar surface area (TPSA) is 143 Å². The number of hydrogen-bond acceptors (Lipinski definition) is 9. The summed E-state index contributed by atoms with van der Waals surface area (Å²) in [6.45, 7) is 6.10. The lowest BCUT2D eigenvalue weighted by Crippen LogP contribution is -2.25. The average molecular weight is 603 g/mol. The molecule has 1 aromatic heterocycles. The zero-order valence-corrected chi connectivity index (χ0v) is 24.5. The van der Waals surface area contributed by atoms with Crippen molar-refractivity contribution in [2.24, 2.45) is 0 Å². The molecule has 1 N–H and O–H groups in total. The Balaban J connectivity index is 1.31. The third kappa shape index (κ3) is 6.18. The number of nitro benzene ring substituents is 1. The SMILES string of the molecule is CC(C)(C)n1nc([C@H]2CC[C@@H](OC(=O)Oc3ccc([N+](=O)[O-])cc3)C2)cc1Nc1ccc(Cl)c2c1CCCS2(=O)=O. The van der Waals surface area contributed by atoms with Gasteiger partial charge in [0.05, 0.1) is 31.8 Å². The minimum Gasteiger partial charge on any atom is -0.431 e. The Hall–Kier alpha value is -3.64. The molecule has 5 rings (SSSR count). The van der Waals surface area contributed by atoms with E-state index in [4.69, 9.17) is 26.2 Å². The maximum atomic E-state index is 12.8. The summed E-state index contributed by atoms with van der Waals surface area (Å²) in [5.74, 6) is 1.00. The van der Waals surface area contributed by atoms with E-state index in [9.17, 15) is 23.3 Å². The summed E-state index contributed by atoms with van der Waals surface area (Å²) in [5.41, 5.74) is 1.74. The molecule has 41 heavy (non-hydrogen) atoms. The summed E-state index contributed by atoms with van der Waals surface area (Å²) in [6.07, 6.45) is 1.85. The second kappa shape index (κ2) is 11.0. The van der Waals surface area contributed by atoms with Gasteiger partial charge in [0.2, 0.25) is 0 Å². The van der Waals surface area contributed by atoms with Crippen molar-refractivity contribution in [2.45, 2.75) is 75.3 Å². The van der Waals surface area contributed by atoms with Crippen molar-refractivity contribution in [3.8, 4) is 5.75 Å². The van der Waals surface area contributed by atoms with Crippen molar-refractivity contribution < 1.29 is 27.6 Å². The standard InChI is InChI=1S/C28H31ClN4O7S/c1-28(2,3)32-25(30-23-13-12-22(29)26-21(23)5-4-14-41(26,37)38)16-24(31-32)17-6-9-20(15-17)40-27(34)39-19-10-7-18(8-11-19)33(35)36/h7-8,10-13,16-17,20,30H,4-6,9,14-15H2,1-3H3/t17-,20+/m0/s1. The monoisotopic (exact) mass is 602 g/mol. The van der Waals surface area contributed by atoms with E-state index in [0.717, 1.165) is 17.9 Å². The molecule has 1 aliphatic carbocycles. The fourth-order valence-electron chi connectivity index (χ4n) is 5.39. The van der Waals surface area contributed by atoms with Gasteiger partial charge in [0.15, 0.2) is 9.84 Å². The van der Waals surface area contributed by atoms with Crippen LogP contribution in [-0.2, 0) is 26.5 Å². The molecule has 3 aromatic rings. The molecular weight excluding hydrogens is 572 g/mol. The highest BCUT2D eigenvalue weighted by Gasteiger charge is 2.33. The van der Waals surface area contributed by atoms with Crippen LogP contribution in [0, 0.1) is 10.1 Å². The Labute approximate surface area is 242 Å². The highest BCUT2D eigenvalue weighted by molar-refractivity contribution is 7.91. The van der Waals surface area contributed by atoms with E-state index in [2.05, 4.69) is 5.32 Å². The van der Waals surface area contributed by atoms with Crippen LogP contribution in [0.2, 0.25) is 5.02 Å². The average Bonchev–Trinajstić information content (AvgIpc) is 3.52. The van der Waals surface area contributed by atoms with Crippen LogP contribution in [-0.4, -0.2) is 41.1 Å². The fourth-order valence-corrected chi connectivity index (χ4v) is 7.60. The number of anilines is 2. The summed E-state index contributed by atoms with van der Waals surface area (Å²) in [4.78, 5) is 22.8. The van der Waals surface area contributed by atoms with Crippen molar-refractivity contribution in [1.29, 1.82) is 0 Å². The molecule has 2 heterocycles. The molecule has 2 aromatic carbocycles. The Morgan fingerprint density at radius 3 is 2.59 bits per heavy atom. The number of carbonyl (C=O) groups excluding carboxylic acids is 1. The number of nitro groups is 1. The zero-order chi connectivity index (χ0) is 29.5. The second-order valence-corrected chi connectivity index (χ2v) is 13.8. The van der Waals surface area contributed by atoms with Crippen molar-refractivity contribution in [2.75, 3.05) is 11.1 Å². The van der Waals surface area contributed by atoms with Gasteiger partial charge in [-0.25, -0.2) is 17.9 Å². The highest BCUT2D eigenvalue weighted by atomic mass is 35.5. The smallest absolute Gasteiger partial charge is 0.431 e. The molecule has 11 nitrogen and oxygen atoms in total. The van der Waals surface area contributed by atoms with Gasteiger partial charge >= 0.3 is 6.16 Å². The summed E-state index contributed by atoms with van der Waals surface area (Å²) < 4.78 is 38.1. The lowest BCUT2D eigenvalue weighted by Gasteiger charge is -2.25. The molecule has 1 aliphatic heterocycles. The summed E-state index contributed by atoms with van der Waals surface area (Å²) >= 11 is 6.31. The molecule has 13 heteroatoms. The van der Waals surface area contributed by atoms with Gasteiger partial charge in [-0.2, -0.15) is 5.10 Å². The number of non-ortho nitro benzene ring substituents is 1. The third-order valence-electron chi connectivity index (χ3n) is 7.30. The van der Waals surface area contributed by atoms with Gasteiger partial charge < -0.3 is 14.8 Å². The molecule has 0 unspecified atom stereocenters. The quantitative estimate of drug-likeness (QED) is 0.144. The zero-order valence-electron chi connectivity index (χ0n) is 22.9. The van der Waals surface area contributed by atoms with Gasteiger partial charge in [0.25, 0.3) is 5.69 Å². The van der Waals surface area contributed by atoms with Gasteiger partial charge in [-0.3, -0.25) is 10.1 Å². The summed E-state index contributed by atoms with van der Waals surface area (Å²) in [7, 11) is -3.45. The van der Waals surface area contributed by atoms with E-state index in [1.165, 1.54) is 24.3 Å². The molecule has 0 amide bonds. The number of rotatable bonds is 6. The molecule has 1 saturated carbocycles. The number of hydrogen-bond donors (Lipinski definition) is 1. The Morgan fingerprint density at radius 2 is 1.90 bits per heavy atom. The van der Waals surface area contributed by atoms with Gasteiger partial charge in [-0.15, -0.1) is 0 Å². The van der Waals surface area contributed by atoms with Gasteiger partial charge in [-0.1, -0.05) is 11.6 Å². The third-order valence-corrected chi connectivity index (χ3v) is 9.65. The summed E-state index contributed by atoms with van der Waals surface area (Å²) in [5, 5.41) is 19.4. The number of sulfone groups is 1. The number of benzene rings is 2. The molecule has 0 spiro atoms. The minimum absolute atomic E-state index is 0.0378. The van der Waals surface area contributed by atoms with Crippen LogP contribution in [0.25, 0.3) is 0 Å². The predicted molar refractivity (Wildman–Crippen MR) is 153 cm³/mol. The number of aromatic nitrogens is 2. The Kier molecular flexibility index (Phi) is 7.73. The predicted octanol–water partition coefficient (Wildman–Crippen LogP) is 6.51. The van der Waals surface area contributed by atoms with E-state index < -0.39 is 20.9 Å². The van der Waals surface area contributed by atoms with E-state index in [1.54, 1.807) is 12.1 Å². The van der Waals surface area contributed by atoms with Crippen LogP contribution in [0.5, 0.6) is 5.75 Å². The molecule has 1 fully saturated rings. The number of nitrogens with one attached hydrogen (secondary N) is 1. The minimum atomic E-state index is -3.45. The Bertz CT molecular complexity index is 1600. The molecular formula is C28H31ClN4O7S. The van der Waals surface area contributed by atoms with Crippen molar-refractivity contribution >= 4 is 44.8 Å². The normalized spacial score (nSPS) is 19.8. The van der Waals surface area contributed by atoms with Crippen molar-refractivity contribution in [3.63, 3.8) is 0 Å². The van der Waals surface area contributed by atoms with Gasteiger partial charge in [-0.05, 0) is 82.7 Å². The molecule has 0 saturated heterocycles. The van der Waals surface area contributed by atoms with Crippen LogP contribution in [0.3, 0.4) is 0 Å². The van der Waals surface area contributed by atoms with Crippen molar-refractivity contribution in [1.82, 2.24) is 9.78 Å². The number of carbonyl (C=O) groups is 1. The number of fused-ring (bicyclic) bond motifs is 1. The van der Waals surface area contributed by atoms with Crippen molar-refractivity contribution in [3.05, 3.63) is 68.9 Å². The lowest BCUT2D eigenvalue weighted by atomic mass is 10.0. The molecule has 0 bridgehead atoms. The first-order valence-corrected chi connectivity index (χ1v) is 15.4. The first-order valence-electron chi connectivity index (χ1n) is 13.4. The fraction of sp³-hybridized carbons (Fsp3) is 0.429. The molecule has 2 aliphatic rings. The second-order valence-electron chi connectivity index (χ2n) is 11.3. The first-order chi connectivity index (χ1) is 19.3. The van der Waals surface area contributed by atoms with Crippen LogP contribution in [0.1, 0.15) is 63.6 Å².